The molecule has 3 nitrogen and oxygen atoms in total. The average Bonchev–Trinajstić information content (AvgIpc) is 2.49. The van der Waals surface area contributed by atoms with Crippen molar-refractivity contribution >= 4 is 10.8 Å². The minimum atomic E-state index is -0.630. The first-order valence-electron chi connectivity index (χ1n) is 8.05. The molecule has 120 valence electrons. The molecule has 22 heavy (non-hydrogen) atoms. The summed E-state index contributed by atoms with van der Waals surface area (Å²) in [6, 6.07) is 5.04. The Hall–Kier alpha value is -1.84. The van der Waals surface area contributed by atoms with Gasteiger partial charge in [0.1, 0.15) is 11.1 Å². The van der Waals surface area contributed by atoms with Gasteiger partial charge in [-0.2, -0.15) is 0 Å². The molecule has 1 aromatic heterocycles. The summed E-state index contributed by atoms with van der Waals surface area (Å²) >= 11 is 0. The molecule has 0 aliphatic carbocycles. The van der Waals surface area contributed by atoms with E-state index in [4.69, 9.17) is 9.15 Å². The van der Waals surface area contributed by atoms with Crippen LogP contribution < -0.4 is 10.4 Å². The number of halogens is 1. The first-order chi connectivity index (χ1) is 10.7. The maximum Gasteiger partial charge on any atom is 0.346 e. The van der Waals surface area contributed by atoms with Gasteiger partial charge in [0.25, 0.3) is 0 Å². The highest BCUT2D eigenvalue weighted by molar-refractivity contribution is 5.83. The number of ether oxygens (including phenoxy) is 1. The summed E-state index contributed by atoms with van der Waals surface area (Å²) in [5.41, 5.74) is -0.630. The molecule has 0 amide bonds. The van der Waals surface area contributed by atoms with Gasteiger partial charge in [-0.1, -0.05) is 39.2 Å². The summed E-state index contributed by atoms with van der Waals surface area (Å²) in [6.07, 6.45) is 5.78. The minimum Gasteiger partial charge on any atom is -0.490 e. The van der Waals surface area contributed by atoms with E-state index < -0.39 is 11.4 Å². The van der Waals surface area contributed by atoms with Crippen molar-refractivity contribution < 1.29 is 13.5 Å². The topological polar surface area (TPSA) is 39.4 Å². The van der Waals surface area contributed by atoms with E-state index in [0.717, 1.165) is 32.1 Å². The molecular formula is C18H23FO3. The quantitative estimate of drug-likeness (QED) is 0.655. The first kappa shape index (κ1) is 16.5. The van der Waals surface area contributed by atoms with Crippen LogP contribution in [0.4, 0.5) is 4.39 Å². The third kappa shape index (κ3) is 3.87. The monoisotopic (exact) mass is 306 g/mol. The molecular weight excluding hydrogens is 283 g/mol. The summed E-state index contributed by atoms with van der Waals surface area (Å²) in [7, 11) is 0. The summed E-state index contributed by atoms with van der Waals surface area (Å²) in [6.45, 7) is 4.60. The molecule has 0 bridgehead atoms. The molecule has 0 aliphatic rings. The Bertz CT molecular complexity index is 676. The molecule has 0 atom stereocenters. The lowest BCUT2D eigenvalue weighted by molar-refractivity contribution is 0.291. The predicted molar refractivity (Wildman–Crippen MR) is 86.1 cm³/mol. The van der Waals surface area contributed by atoms with Crippen molar-refractivity contribution in [3.63, 3.8) is 0 Å². The molecule has 0 unspecified atom stereocenters. The van der Waals surface area contributed by atoms with Crippen LogP contribution in [0, 0.1) is 5.82 Å². The summed E-state index contributed by atoms with van der Waals surface area (Å²) in [5, 5.41) is 0.543. The molecule has 0 saturated carbocycles. The second-order valence-corrected chi connectivity index (χ2v) is 5.50. The average molecular weight is 306 g/mol. The van der Waals surface area contributed by atoms with Gasteiger partial charge in [0.15, 0.2) is 11.6 Å². The van der Waals surface area contributed by atoms with Gasteiger partial charge in [0.05, 0.1) is 6.61 Å². The second-order valence-electron chi connectivity index (χ2n) is 5.50. The molecule has 2 aromatic rings. The van der Waals surface area contributed by atoms with Gasteiger partial charge < -0.3 is 9.15 Å². The summed E-state index contributed by atoms with van der Waals surface area (Å²) in [4.78, 5) is 12.0. The Morgan fingerprint density at radius 1 is 1.14 bits per heavy atom. The maximum atomic E-state index is 14.4. The minimum absolute atomic E-state index is 0.0223. The lowest BCUT2D eigenvalue weighted by atomic mass is 10.1. The van der Waals surface area contributed by atoms with E-state index in [9.17, 15) is 9.18 Å². The van der Waals surface area contributed by atoms with Crippen LogP contribution in [0.15, 0.2) is 27.4 Å². The van der Waals surface area contributed by atoms with E-state index in [1.807, 2.05) is 6.92 Å². The van der Waals surface area contributed by atoms with Gasteiger partial charge in [-0.3, -0.25) is 0 Å². The largest absolute Gasteiger partial charge is 0.490 e. The first-order valence-corrected chi connectivity index (χ1v) is 8.05. The molecule has 0 saturated heterocycles. The van der Waals surface area contributed by atoms with Gasteiger partial charge in [0, 0.05) is 6.42 Å². The highest BCUT2D eigenvalue weighted by atomic mass is 19.1. The molecule has 4 heteroatoms. The zero-order chi connectivity index (χ0) is 15.9. The molecule has 1 heterocycles. The number of benzene rings is 1. The van der Waals surface area contributed by atoms with Crippen LogP contribution in [0.3, 0.4) is 0 Å². The van der Waals surface area contributed by atoms with Crippen LogP contribution in [0.5, 0.6) is 5.75 Å². The number of unbranched alkanes of at least 4 members (excludes halogenated alkanes) is 3. The van der Waals surface area contributed by atoms with Gasteiger partial charge in [-0.25, -0.2) is 9.18 Å². The molecule has 0 fully saturated rings. The number of rotatable bonds is 8. The fourth-order valence-corrected chi connectivity index (χ4v) is 2.46. The number of aryl methyl sites for hydroxylation is 1. The van der Waals surface area contributed by atoms with Crippen LogP contribution in [-0.4, -0.2) is 6.61 Å². The van der Waals surface area contributed by atoms with Crippen LogP contribution >= 0.6 is 0 Å². The SMILES string of the molecule is CCCCCCOc1ccc2cc(CCC)oc(=O)c2c1F. The summed E-state index contributed by atoms with van der Waals surface area (Å²) < 4.78 is 25.1. The van der Waals surface area contributed by atoms with Crippen molar-refractivity contribution in [3.05, 3.63) is 40.2 Å². The molecule has 0 N–H and O–H groups in total. The fourth-order valence-electron chi connectivity index (χ4n) is 2.46. The molecule has 2 rings (SSSR count). The van der Waals surface area contributed by atoms with E-state index in [-0.39, 0.29) is 11.1 Å². The standard InChI is InChI=1S/C18H23FO3/c1-3-5-6-7-11-21-15-10-9-13-12-14(8-4-2)22-18(20)16(13)17(15)19/h9-10,12H,3-8,11H2,1-2H3. The van der Waals surface area contributed by atoms with E-state index in [0.29, 0.717) is 24.2 Å². The third-order valence-electron chi connectivity index (χ3n) is 3.64. The van der Waals surface area contributed by atoms with Gasteiger partial charge in [-0.15, -0.1) is 0 Å². The van der Waals surface area contributed by atoms with Gasteiger partial charge in [0.2, 0.25) is 0 Å². The van der Waals surface area contributed by atoms with Gasteiger partial charge in [-0.05, 0) is 30.4 Å². The zero-order valence-electron chi connectivity index (χ0n) is 13.3. The maximum absolute atomic E-state index is 14.4. The molecule has 0 radical (unpaired) electrons. The van der Waals surface area contributed by atoms with Crippen LogP contribution in [0.2, 0.25) is 0 Å². The van der Waals surface area contributed by atoms with Crippen molar-refractivity contribution in [1.82, 2.24) is 0 Å². The Kier molecular flexibility index (Phi) is 5.99. The Balaban J connectivity index is 2.20. The fraction of sp³-hybridized carbons (Fsp3) is 0.500. The van der Waals surface area contributed by atoms with E-state index in [1.54, 1.807) is 18.2 Å². The van der Waals surface area contributed by atoms with E-state index >= 15 is 0 Å². The normalized spacial score (nSPS) is 11.0. The zero-order valence-corrected chi connectivity index (χ0v) is 13.3. The van der Waals surface area contributed by atoms with E-state index in [1.165, 1.54) is 0 Å². The number of hydrogen-bond acceptors (Lipinski definition) is 3. The second kappa shape index (κ2) is 7.97. The van der Waals surface area contributed by atoms with Crippen molar-refractivity contribution in [2.75, 3.05) is 6.61 Å². The lowest BCUT2D eigenvalue weighted by Gasteiger charge is -2.09. The van der Waals surface area contributed by atoms with Crippen LogP contribution in [-0.2, 0) is 6.42 Å². The number of hydrogen-bond donors (Lipinski definition) is 0. The van der Waals surface area contributed by atoms with Crippen molar-refractivity contribution in [2.24, 2.45) is 0 Å². The van der Waals surface area contributed by atoms with Crippen LogP contribution in [0.25, 0.3) is 10.8 Å². The molecule has 0 aliphatic heterocycles. The van der Waals surface area contributed by atoms with E-state index in [2.05, 4.69) is 6.92 Å². The Morgan fingerprint density at radius 3 is 2.68 bits per heavy atom. The lowest BCUT2D eigenvalue weighted by Crippen LogP contribution is -2.07. The Labute approximate surface area is 130 Å². The van der Waals surface area contributed by atoms with Crippen LogP contribution in [0.1, 0.15) is 51.7 Å². The molecule has 0 spiro atoms. The highest BCUT2D eigenvalue weighted by Gasteiger charge is 2.14. The number of fused-ring (bicyclic) bond motifs is 1. The van der Waals surface area contributed by atoms with Gasteiger partial charge >= 0.3 is 5.63 Å². The molecule has 1 aromatic carbocycles. The van der Waals surface area contributed by atoms with Crippen molar-refractivity contribution in [3.8, 4) is 5.75 Å². The highest BCUT2D eigenvalue weighted by Crippen LogP contribution is 2.25. The summed E-state index contributed by atoms with van der Waals surface area (Å²) in [5.74, 6) is 0.0944. The van der Waals surface area contributed by atoms with Crippen molar-refractivity contribution in [1.29, 1.82) is 0 Å². The smallest absolute Gasteiger partial charge is 0.346 e. The third-order valence-corrected chi connectivity index (χ3v) is 3.64. The Morgan fingerprint density at radius 2 is 1.95 bits per heavy atom. The van der Waals surface area contributed by atoms with Crippen molar-refractivity contribution in [2.45, 2.75) is 52.4 Å². The predicted octanol–water partition coefficient (Wildman–Crippen LogP) is 4.84.